The minimum Gasteiger partial charge on any atom is -0.481 e. The Balaban J connectivity index is 1.98. The van der Waals surface area contributed by atoms with Crippen molar-refractivity contribution in [1.29, 1.82) is 0 Å². The van der Waals surface area contributed by atoms with Gasteiger partial charge in [0.15, 0.2) is 0 Å². The summed E-state index contributed by atoms with van der Waals surface area (Å²) in [5.41, 5.74) is 11.4. The normalized spacial score (nSPS) is 16.8. The number of hydrogen-bond acceptors (Lipinski definition) is 4. The lowest BCUT2D eigenvalue weighted by Crippen LogP contribution is -2.24. The highest BCUT2D eigenvalue weighted by molar-refractivity contribution is 6.02. The molecule has 4 heterocycles. The molecule has 0 unspecified atom stereocenters. The van der Waals surface area contributed by atoms with Gasteiger partial charge in [-0.15, -0.1) is 0 Å². The SMILES string of the molecule is CCC1=C(CC)/C(=C/c2[nH]c(C(C)(C)c3[nH]c(/C=C4\NC(=O)C(CC)=C4CC)c(CC)c3CCC(=O)O)c(CCC(=O)O)c2CC)NC1=O. The number of carboxylic acids is 2. The predicted octanol–water partition coefficient (Wildman–Crippen LogP) is 7.00. The highest BCUT2D eigenvalue weighted by Gasteiger charge is 2.36. The van der Waals surface area contributed by atoms with E-state index in [0.717, 1.165) is 78.7 Å². The van der Waals surface area contributed by atoms with Crippen LogP contribution in [0.25, 0.3) is 12.2 Å². The van der Waals surface area contributed by atoms with Crippen LogP contribution in [0.15, 0.2) is 33.7 Å². The van der Waals surface area contributed by atoms with Crippen molar-refractivity contribution in [3.63, 3.8) is 0 Å². The summed E-state index contributed by atoms with van der Waals surface area (Å²) in [6.07, 6.45) is 8.38. The van der Waals surface area contributed by atoms with Gasteiger partial charge in [-0.2, -0.15) is 0 Å². The van der Waals surface area contributed by atoms with Crippen molar-refractivity contribution in [2.75, 3.05) is 0 Å². The average Bonchev–Trinajstić information content (AvgIpc) is 3.77. The number of aliphatic carboxylic acids is 2. The third-order valence-electron chi connectivity index (χ3n) is 10.1. The van der Waals surface area contributed by atoms with Crippen LogP contribution in [0.2, 0.25) is 0 Å². The number of allylic oxidation sites excluding steroid dienone is 2. The van der Waals surface area contributed by atoms with Gasteiger partial charge in [0.25, 0.3) is 11.8 Å². The van der Waals surface area contributed by atoms with Gasteiger partial charge in [-0.3, -0.25) is 19.2 Å². The van der Waals surface area contributed by atoms with Crippen LogP contribution in [0.1, 0.15) is 139 Å². The third-order valence-corrected chi connectivity index (χ3v) is 10.1. The highest BCUT2D eigenvalue weighted by atomic mass is 16.4. The monoisotopic (exact) mass is 672 g/mol. The number of carbonyl (C=O) groups excluding carboxylic acids is 2. The maximum atomic E-state index is 12.8. The Morgan fingerprint density at radius 1 is 0.571 bits per heavy atom. The van der Waals surface area contributed by atoms with Crippen LogP contribution < -0.4 is 10.6 Å². The Labute approximate surface area is 289 Å². The molecule has 2 aliphatic heterocycles. The summed E-state index contributed by atoms with van der Waals surface area (Å²) < 4.78 is 0. The molecule has 2 aromatic heterocycles. The van der Waals surface area contributed by atoms with E-state index >= 15 is 0 Å². The Hall–Kier alpha value is -4.60. The van der Waals surface area contributed by atoms with Gasteiger partial charge in [-0.1, -0.05) is 41.5 Å². The molecular formula is C39H52N4O6. The summed E-state index contributed by atoms with van der Waals surface area (Å²) >= 11 is 0. The first-order chi connectivity index (χ1) is 23.3. The fourth-order valence-electron chi connectivity index (χ4n) is 7.70. The van der Waals surface area contributed by atoms with Crippen molar-refractivity contribution in [1.82, 2.24) is 20.6 Å². The van der Waals surface area contributed by atoms with E-state index in [-0.39, 0.29) is 24.7 Å². The second-order valence-electron chi connectivity index (χ2n) is 13.2. The van der Waals surface area contributed by atoms with Gasteiger partial charge in [0, 0.05) is 63.6 Å². The van der Waals surface area contributed by atoms with Crippen LogP contribution in [-0.4, -0.2) is 43.9 Å². The van der Waals surface area contributed by atoms with Gasteiger partial charge in [0.1, 0.15) is 0 Å². The molecule has 0 atom stereocenters. The van der Waals surface area contributed by atoms with Crippen molar-refractivity contribution < 1.29 is 29.4 Å². The fourth-order valence-corrected chi connectivity index (χ4v) is 7.70. The van der Waals surface area contributed by atoms with E-state index < -0.39 is 17.4 Å². The van der Waals surface area contributed by atoms with Crippen molar-refractivity contribution in [3.8, 4) is 0 Å². The molecular weight excluding hydrogens is 620 g/mol. The van der Waals surface area contributed by atoms with Gasteiger partial charge in [-0.25, -0.2) is 0 Å². The van der Waals surface area contributed by atoms with Crippen LogP contribution in [0, 0.1) is 0 Å². The molecule has 10 nitrogen and oxygen atoms in total. The van der Waals surface area contributed by atoms with E-state index in [0.29, 0.717) is 51.4 Å². The van der Waals surface area contributed by atoms with Crippen LogP contribution in [0.3, 0.4) is 0 Å². The molecule has 264 valence electrons. The summed E-state index contributed by atoms with van der Waals surface area (Å²) in [6.45, 7) is 16.2. The number of hydrogen-bond donors (Lipinski definition) is 6. The molecule has 6 N–H and O–H groups in total. The lowest BCUT2D eigenvalue weighted by Gasteiger charge is -2.27. The summed E-state index contributed by atoms with van der Waals surface area (Å²) in [5, 5.41) is 25.6. The van der Waals surface area contributed by atoms with Crippen molar-refractivity contribution in [3.05, 3.63) is 78.7 Å². The fraction of sp³-hybridized carbons (Fsp3) is 0.487. The molecule has 2 amide bonds. The summed E-state index contributed by atoms with van der Waals surface area (Å²) in [5.74, 6) is -1.97. The maximum absolute atomic E-state index is 12.8. The van der Waals surface area contributed by atoms with Gasteiger partial charge < -0.3 is 30.8 Å². The Bertz CT molecular complexity index is 1660. The molecule has 10 heteroatoms. The van der Waals surface area contributed by atoms with Gasteiger partial charge >= 0.3 is 11.9 Å². The maximum Gasteiger partial charge on any atom is 0.303 e. The smallest absolute Gasteiger partial charge is 0.303 e. The number of carbonyl (C=O) groups is 4. The average molecular weight is 673 g/mol. The van der Waals surface area contributed by atoms with Crippen LogP contribution >= 0.6 is 0 Å². The van der Waals surface area contributed by atoms with Crippen LogP contribution in [0.4, 0.5) is 0 Å². The summed E-state index contributed by atoms with van der Waals surface area (Å²) in [4.78, 5) is 56.7. The minimum absolute atomic E-state index is 0.0550. The zero-order valence-corrected chi connectivity index (χ0v) is 30.3. The zero-order valence-electron chi connectivity index (χ0n) is 30.3. The highest BCUT2D eigenvalue weighted by Crippen LogP contribution is 2.41. The van der Waals surface area contributed by atoms with Gasteiger partial charge in [0.05, 0.1) is 0 Å². The summed E-state index contributed by atoms with van der Waals surface area (Å²) in [6, 6.07) is 0. The first-order valence-corrected chi connectivity index (χ1v) is 17.7. The first-order valence-electron chi connectivity index (χ1n) is 17.7. The second-order valence-corrected chi connectivity index (χ2v) is 13.2. The molecule has 0 bridgehead atoms. The number of carboxylic acid groups (broad SMARTS) is 2. The first kappa shape index (κ1) is 37.2. The Morgan fingerprint density at radius 2 is 0.918 bits per heavy atom. The van der Waals surface area contributed by atoms with Crippen molar-refractivity contribution in [2.24, 2.45) is 0 Å². The molecule has 0 spiro atoms. The molecule has 0 radical (unpaired) electrons. The Morgan fingerprint density at radius 3 is 1.20 bits per heavy atom. The lowest BCUT2D eigenvalue weighted by molar-refractivity contribution is -0.138. The van der Waals surface area contributed by atoms with Gasteiger partial charge in [-0.05, 0) is 111 Å². The molecule has 0 fully saturated rings. The number of H-pyrrole nitrogens is 2. The topological polar surface area (TPSA) is 164 Å². The number of amides is 2. The Kier molecular flexibility index (Phi) is 11.6. The van der Waals surface area contributed by atoms with Crippen molar-refractivity contribution >= 4 is 35.9 Å². The quantitative estimate of drug-likeness (QED) is 0.112. The molecule has 2 aliphatic rings. The number of aromatic nitrogens is 2. The number of nitrogens with one attached hydrogen (secondary N) is 4. The second kappa shape index (κ2) is 15.3. The van der Waals surface area contributed by atoms with Gasteiger partial charge in [0.2, 0.25) is 0 Å². The lowest BCUT2D eigenvalue weighted by atomic mass is 9.79. The van der Waals surface area contributed by atoms with E-state index in [9.17, 15) is 29.4 Å². The van der Waals surface area contributed by atoms with E-state index in [1.165, 1.54) is 0 Å². The van der Waals surface area contributed by atoms with Crippen LogP contribution in [-0.2, 0) is 50.3 Å². The molecule has 2 aromatic rings. The number of rotatable bonds is 16. The largest absolute Gasteiger partial charge is 0.481 e. The van der Waals surface area contributed by atoms with Crippen molar-refractivity contribution in [2.45, 2.75) is 125 Å². The molecule has 4 rings (SSSR count). The van der Waals surface area contributed by atoms with E-state index in [4.69, 9.17) is 0 Å². The molecule has 0 aliphatic carbocycles. The van der Waals surface area contributed by atoms with E-state index in [2.05, 4.69) is 34.4 Å². The molecule has 0 saturated carbocycles. The molecule has 49 heavy (non-hydrogen) atoms. The third kappa shape index (κ3) is 7.23. The standard InChI is InChI=1S/C39H52N4O6/c1-9-21-25(13-5)37(48)42-31(21)19-29-23(11-3)27(15-17-33(44)45)35(40-29)39(7,8)36-28(16-18-34(46)47)24(12-4)30(41-36)20-32-22(10-2)26(14-6)38(49)43-32/h19-20,40-41H,9-18H2,1-8H3,(H,42,48)(H,43,49)(H,44,45)(H,46,47)/b31-19-,32-20-. The van der Waals surface area contributed by atoms with E-state index in [1.54, 1.807) is 0 Å². The number of aromatic amines is 2. The minimum atomic E-state index is -0.896. The zero-order chi connectivity index (χ0) is 36.2. The molecule has 0 saturated heterocycles. The molecule has 0 aromatic carbocycles. The predicted molar refractivity (Wildman–Crippen MR) is 192 cm³/mol. The summed E-state index contributed by atoms with van der Waals surface area (Å²) in [7, 11) is 0. The van der Waals surface area contributed by atoms with E-state index in [1.807, 2.05) is 53.7 Å². The van der Waals surface area contributed by atoms with Crippen LogP contribution in [0.5, 0.6) is 0 Å².